The maximum atomic E-state index is 12.5. The van der Waals surface area contributed by atoms with Gasteiger partial charge >= 0.3 is 0 Å². The highest BCUT2D eigenvalue weighted by atomic mass is 32.2. The summed E-state index contributed by atoms with van der Waals surface area (Å²) in [5.41, 5.74) is 0. The molecule has 0 saturated carbocycles. The van der Waals surface area contributed by atoms with Gasteiger partial charge < -0.3 is 9.64 Å². The average Bonchev–Trinajstić information content (AvgIpc) is 3.08. The van der Waals surface area contributed by atoms with Gasteiger partial charge in [0.25, 0.3) is 0 Å². The fraction of sp³-hybridized carbons (Fsp3) is 0.625. The third-order valence-corrected chi connectivity index (χ3v) is 6.42. The highest BCUT2D eigenvalue weighted by molar-refractivity contribution is 7.89. The summed E-state index contributed by atoms with van der Waals surface area (Å²) in [7, 11) is -3.33. The number of hydrogen-bond donors (Lipinski definition) is 0. The van der Waals surface area contributed by atoms with Gasteiger partial charge in [-0.1, -0.05) is 18.2 Å². The molecule has 0 aromatic heterocycles. The predicted molar refractivity (Wildman–Crippen MR) is 85.2 cm³/mol. The van der Waals surface area contributed by atoms with E-state index < -0.39 is 10.0 Å². The van der Waals surface area contributed by atoms with Crippen LogP contribution in [0, 0.1) is 0 Å². The summed E-state index contributed by atoms with van der Waals surface area (Å²) in [6, 6.07) is 8.70. The zero-order valence-corrected chi connectivity index (χ0v) is 13.7. The molecule has 1 aromatic rings. The van der Waals surface area contributed by atoms with Crippen LogP contribution >= 0.6 is 0 Å². The van der Waals surface area contributed by atoms with Crippen LogP contribution in [0.4, 0.5) is 0 Å². The smallest absolute Gasteiger partial charge is 0.243 e. The number of piperazine rings is 1. The van der Waals surface area contributed by atoms with Crippen LogP contribution in [0.2, 0.25) is 0 Å². The molecule has 2 fully saturated rings. The van der Waals surface area contributed by atoms with Crippen molar-refractivity contribution < 1.29 is 13.2 Å². The van der Waals surface area contributed by atoms with Crippen molar-refractivity contribution in [1.82, 2.24) is 9.21 Å². The van der Waals surface area contributed by atoms with Crippen molar-refractivity contribution in [2.75, 3.05) is 39.3 Å². The Balaban J connectivity index is 1.51. The van der Waals surface area contributed by atoms with E-state index in [1.165, 1.54) is 12.8 Å². The summed E-state index contributed by atoms with van der Waals surface area (Å²) in [5.74, 6) is 0. The first-order chi connectivity index (χ1) is 10.7. The Bertz CT molecular complexity index is 562. The van der Waals surface area contributed by atoms with Crippen LogP contribution in [0.1, 0.15) is 19.3 Å². The minimum atomic E-state index is -3.33. The summed E-state index contributed by atoms with van der Waals surface area (Å²) in [5, 5.41) is 0. The van der Waals surface area contributed by atoms with Crippen molar-refractivity contribution >= 4 is 10.0 Å². The van der Waals surface area contributed by atoms with Crippen molar-refractivity contribution in [3.63, 3.8) is 0 Å². The first-order valence-corrected chi connectivity index (χ1v) is 9.49. The Kier molecular flexibility index (Phi) is 5.13. The van der Waals surface area contributed by atoms with E-state index >= 15 is 0 Å². The lowest BCUT2D eigenvalue weighted by atomic mass is 10.1. The maximum absolute atomic E-state index is 12.5. The molecule has 0 spiro atoms. The van der Waals surface area contributed by atoms with Crippen LogP contribution in [0.3, 0.4) is 0 Å². The second kappa shape index (κ2) is 7.08. The molecular formula is C16H24N2O3S. The molecular weight excluding hydrogens is 300 g/mol. The molecule has 2 heterocycles. The zero-order valence-electron chi connectivity index (χ0n) is 12.9. The predicted octanol–water partition coefficient (Wildman–Crippen LogP) is 1.56. The summed E-state index contributed by atoms with van der Waals surface area (Å²) in [4.78, 5) is 2.74. The standard InChI is InChI=1S/C16H24N2O3S/c19-22(20,16-6-2-1-3-7-16)18-12-10-17(11-13-18)9-8-15-5-4-14-21-15/h1-3,6-7,15H,4-5,8-14H2. The van der Waals surface area contributed by atoms with Crippen molar-refractivity contribution in [3.05, 3.63) is 30.3 Å². The first kappa shape index (κ1) is 15.9. The largest absolute Gasteiger partial charge is 0.378 e. The molecule has 2 aliphatic rings. The number of hydrogen-bond acceptors (Lipinski definition) is 4. The molecule has 22 heavy (non-hydrogen) atoms. The fourth-order valence-electron chi connectivity index (χ4n) is 3.13. The molecule has 2 aliphatic heterocycles. The van der Waals surface area contributed by atoms with E-state index in [1.54, 1.807) is 28.6 Å². The molecule has 1 atom stereocenters. The Labute approximate surface area is 132 Å². The van der Waals surface area contributed by atoms with Gasteiger partial charge in [0, 0.05) is 39.3 Å². The molecule has 122 valence electrons. The second-order valence-electron chi connectivity index (χ2n) is 5.98. The number of benzene rings is 1. The van der Waals surface area contributed by atoms with Crippen molar-refractivity contribution in [2.45, 2.75) is 30.3 Å². The third-order valence-electron chi connectivity index (χ3n) is 4.50. The highest BCUT2D eigenvalue weighted by Gasteiger charge is 2.28. The van der Waals surface area contributed by atoms with Gasteiger partial charge in [0.05, 0.1) is 11.0 Å². The molecule has 1 unspecified atom stereocenters. The molecule has 0 bridgehead atoms. The van der Waals surface area contributed by atoms with Crippen LogP contribution in [0.5, 0.6) is 0 Å². The van der Waals surface area contributed by atoms with E-state index in [-0.39, 0.29) is 0 Å². The molecule has 0 amide bonds. The fourth-order valence-corrected chi connectivity index (χ4v) is 4.58. The van der Waals surface area contributed by atoms with Crippen molar-refractivity contribution in [3.8, 4) is 0 Å². The van der Waals surface area contributed by atoms with E-state index in [0.717, 1.165) is 32.7 Å². The van der Waals surface area contributed by atoms with E-state index in [4.69, 9.17) is 4.74 Å². The van der Waals surface area contributed by atoms with Gasteiger partial charge in [-0.05, 0) is 31.4 Å². The van der Waals surface area contributed by atoms with E-state index in [0.29, 0.717) is 24.1 Å². The molecule has 0 aliphatic carbocycles. The quantitative estimate of drug-likeness (QED) is 0.825. The molecule has 0 radical (unpaired) electrons. The monoisotopic (exact) mass is 324 g/mol. The van der Waals surface area contributed by atoms with E-state index in [9.17, 15) is 8.42 Å². The van der Waals surface area contributed by atoms with Gasteiger partial charge in [0.2, 0.25) is 10.0 Å². The minimum absolute atomic E-state index is 0.391. The minimum Gasteiger partial charge on any atom is -0.378 e. The molecule has 6 heteroatoms. The number of ether oxygens (including phenoxy) is 1. The Morgan fingerprint density at radius 2 is 1.82 bits per heavy atom. The van der Waals surface area contributed by atoms with Gasteiger partial charge in [-0.15, -0.1) is 0 Å². The van der Waals surface area contributed by atoms with Crippen LogP contribution in [-0.2, 0) is 14.8 Å². The lowest BCUT2D eigenvalue weighted by molar-refractivity contribution is 0.0860. The second-order valence-corrected chi connectivity index (χ2v) is 7.92. The van der Waals surface area contributed by atoms with E-state index in [1.807, 2.05) is 6.07 Å². The lowest BCUT2D eigenvalue weighted by Crippen LogP contribution is -2.49. The summed E-state index contributed by atoms with van der Waals surface area (Å²) in [6.07, 6.45) is 3.81. The SMILES string of the molecule is O=S(=O)(c1ccccc1)N1CCN(CCC2CCCO2)CC1. The third kappa shape index (κ3) is 3.68. The van der Waals surface area contributed by atoms with Gasteiger partial charge in [0.15, 0.2) is 0 Å². The highest BCUT2D eigenvalue weighted by Crippen LogP contribution is 2.19. The van der Waals surface area contributed by atoms with Crippen LogP contribution in [0.15, 0.2) is 35.2 Å². The zero-order chi connectivity index (χ0) is 15.4. The van der Waals surface area contributed by atoms with E-state index in [2.05, 4.69) is 4.90 Å². The topological polar surface area (TPSA) is 49.9 Å². The van der Waals surface area contributed by atoms with Crippen LogP contribution in [-0.4, -0.2) is 63.1 Å². The van der Waals surface area contributed by atoms with Crippen LogP contribution < -0.4 is 0 Å². The molecule has 5 nitrogen and oxygen atoms in total. The summed E-state index contributed by atoms with van der Waals surface area (Å²) >= 11 is 0. The maximum Gasteiger partial charge on any atom is 0.243 e. The molecule has 2 saturated heterocycles. The molecule has 3 rings (SSSR count). The normalized spacial score (nSPS) is 24.6. The first-order valence-electron chi connectivity index (χ1n) is 8.05. The number of sulfonamides is 1. The Morgan fingerprint density at radius 1 is 1.09 bits per heavy atom. The summed E-state index contributed by atoms with van der Waals surface area (Å²) < 4.78 is 32.3. The lowest BCUT2D eigenvalue weighted by Gasteiger charge is -2.34. The Morgan fingerprint density at radius 3 is 2.45 bits per heavy atom. The van der Waals surface area contributed by atoms with Gasteiger partial charge in [-0.25, -0.2) is 8.42 Å². The molecule has 0 N–H and O–H groups in total. The van der Waals surface area contributed by atoms with Crippen LogP contribution in [0.25, 0.3) is 0 Å². The van der Waals surface area contributed by atoms with Crippen molar-refractivity contribution in [1.29, 1.82) is 0 Å². The molecule has 1 aromatic carbocycles. The van der Waals surface area contributed by atoms with Gasteiger partial charge in [-0.3, -0.25) is 0 Å². The van der Waals surface area contributed by atoms with Gasteiger partial charge in [-0.2, -0.15) is 4.31 Å². The number of rotatable bonds is 5. The van der Waals surface area contributed by atoms with Crippen molar-refractivity contribution in [2.24, 2.45) is 0 Å². The summed E-state index contributed by atoms with van der Waals surface area (Å²) in [6.45, 7) is 4.65. The van der Waals surface area contributed by atoms with Gasteiger partial charge in [0.1, 0.15) is 0 Å². The Hall–Kier alpha value is -0.950. The number of nitrogens with zero attached hydrogens (tertiary/aromatic N) is 2. The average molecular weight is 324 g/mol.